The number of ether oxygens (including phenoxy) is 1. The van der Waals surface area contributed by atoms with Crippen LogP contribution in [0.15, 0.2) is 48.7 Å². The minimum Gasteiger partial charge on any atom is -0.495 e. The number of nitrogens with zero attached hydrogens (tertiary/aromatic N) is 3. The maximum absolute atomic E-state index is 13.7. The van der Waals surface area contributed by atoms with Gasteiger partial charge in [-0.15, -0.1) is 5.10 Å². The quantitative estimate of drug-likeness (QED) is 0.744. The summed E-state index contributed by atoms with van der Waals surface area (Å²) in [6, 6.07) is 10.4. The average molecular weight is 329 g/mol. The van der Waals surface area contributed by atoms with E-state index in [-0.39, 0.29) is 17.5 Å². The van der Waals surface area contributed by atoms with Crippen LogP contribution >= 0.6 is 0 Å². The number of hydrogen-bond donors (Lipinski definition) is 2. The van der Waals surface area contributed by atoms with Gasteiger partial charge in [-0.25, -0.2) is 8.78 Å². The van der Waals surface area contributed by atoms with Crippen LogP contribution in [0, 0.1) is 11.6 Å². The first kappa shape index (κ1) is 15.6. The zero-order chi connectivity index (χ0) is 16.9. The van der Waals surface area contributed by atoms with Crippen molar-refractivity contribution < 1.29 is 13.5 Å². The molecule has 122 valence electrons. The summed E-state index contributed by atoms with van der Waals surface area (Å²) in [5, 5.41) is 13.4. The molecule has 0 amide bonds. The monoisotopic (exact) mass is 329 g/mol. The molecule has 0 spiro atoms. The van der Waals surface area contributed by atoms with Crippen molar-refractivity contribution >= 4 is 23.1 Å². The lowest BCUT2D eigenvalue weighted by atomic mass is 10.3. The first-order chi connectivity index (χ1) is 11.7. The van der Waals surface area contributed by atoms with E-state index in [9.17, 15) is 8.78 Å². The molecule has 3 rings (SSSR count). The van der Waals surface area contributed by atoms with Gasteiger partial charge in [0.15, 0.2) is 5.82 Å². The first-order valence-corrected chi connectivity index (χ1v) is 6.97. The Kier molecular flexibility index (Phi) is 4.46. The molecule has 1 aromatic heterocycles. The molecule has 24 heavy (non-hydrogen) atoms. The van der Waals surface area contributed by atoms with Crippen LogP contribution in [0.1, 0.15) is 0 Å². The first-order valence-electron chi connectivity index (χ1n) is 6.97. The summed E-state index contributed by atoms with van der Waals surface area (Å²) in [5.41, 5.74) is 0.743. The minimum atomic E-state index is -0.729. The van der Waals surface area contributed by atoms with Crippen LogP contribution in [0.4, 0.5) is 31.9 Å². The van der Waals surface area contributed by atoms with Gasteiger partial charge in [-0.3, -0.25) is 0 Å². The van der Waals surface area contributed by atoms with Crippen molar-refractivity contribution in [1.29, 1.82) is 0 Å². The number of halogens is 2. The zero-order valence-corrected chi connectivity index (χ0v) is 12.6. The van der Waals surface area contributed by atoms with Gasteiger partial charge >= 0.3 is 0 Å². The fourth-order valence-corrected chi connectivity index (χ4v) is 2.01. The summed E-state index contributed by atoms with van der Waals surface area (Å²) >= 11 is 0. The van der Waals surface area contributed by atoms with Crippen molar-refractivity contribution in [1.82, 2.24) is 15.2 Å². The van der Waals surface area contributed by atoms with Gasteiger partial charge in [0.1, 0.15) is 17.4 Å². The van der Waals surface area contributed by atoms with Crippen LogP contribution in [0.3, 0.4) is 0 Å². The van der Waals surface area contributed by atoms with E-state index in [2.05, 4.69) is 25.8 Å². The van der Waals surface area contributed by atoms with Gasteiger partial charge in [-0.05, 0) is 24.3 Å². The van der Waals surface area contributed by atoms with Gasteiger partial charge in [-0.1, -0.05) is 12.1 Å². The van der Waals surface area contributed by atoms with Gasteiger partial charge in [0, 0.05) is 6.07 Å². The van der Waals surface area contributed by atoms with Crippen LogP contribution in [0.25, 0.3) is 0 Å². The molecule has 0 atom stereocenters. The summed E-state index contributed by atoms with van der Waals surface area (Å²) in [4.78, 5) is 4.19. The number of benzene rings is 2. The Labute approximate surface area is 136 Å². The summed E-state index contributed by atoms with van der Waals surface area (Å²) in [6.45, 7) is 0. The molecule has 6 nitrogen and oxygen atoms in total. The smallest absolute Gasteiger partial charge is 0.249 e. The SMILES string of the molecule is COc1ccccc1Nc1nncc(Nc2ccc(F)cc2F)n1. The third kappa shape index (κ3) is 3.54. The predicted molar refractivity (Wildman–Crippen MR) is 85.7 cm³/mol. The summed E-state index contributed by atoms with van der Waals surface area (Å²) in [7, 11) is 1.55. The molecule has 0 saturated carbocycles. The molecule has 0 aliphatic rings. The number of aromatic nitrogens is 3. The van der Waals surface area contributed by atoms with Crippen molar-refractivity contribution in [3.05, 3.63) is 60.3 Å². The van der Waals surface area contributed by atoms with Crippen LogP contribution in [0.2, 0.25) is 0 Å². The second-order valence-corrected chi connectivity index (χ2v) is 4.74. The van der Waals surface area contributed by atoms with Crippen molar-refractivity contribution in [2.24, 2.45) is 0 Å². The molecule has 0 saturated heterocycles. The average Bonchev–Trinajstić information content (AvgIpc) is 2.58. The van der Waals surface area contributed by atoms with E-state index in [1.807, 2.05) is 12.1 Å². The zero-order valence-electron chi connectivity index (χ0n) is 12.6. The molecule has 1 heterocycles. The lowest BCUT2D eigenvalue weighted by Gasteiger charge is -2.10. The molecule has 2 N–H and O–H groups in total. The van der Waals surface area contributed by atoms with Gasteiger partial charge < -0.3 is 15.4 Å². The standard InChI is InChI=1S/C16H13F2N5O/c1-24-14-5-3-2-4-13(14)21-16-22-15(9-19-23-16)20-12-7-6-10(17)8-11(12)18/h2-9H,1H3,(H2,20,21,22,23). The highest BCUT2D eigenvalue weighted by molar-refractivity contribution is 5.63. The number of rotatable bonds is 5. The van der Waals surface area contributed by atoms with Gasteiger partial charge in [0.25, 0.3) is 0 Å². The molecule has 0 bridgehead atoms. The van der Waals surface area contributed by atoms with Gasteiger partial charge in [0.05, 0.1) is 24.7 Å². The van der Waals surface area contributed by atoms with Gasteiger partial charge in [-0.2, -0.15) is 10.1 Å². The minimum absolute atomic E-state index is 0.0835. The summed E-state index contributed by atoms with van der Waals surface area (Å²) in [6.07, 6.45) is 1.33. The second-order valence-electron chi connectivity index (χ2n) is 4.74. The Morgan fingerprint density at radius 2 is 1.83 bits per heavy atom. The molecule has 2 aromatic carbocycles. The third-order valence-electron chi connectivity index (χ3n) is 3.11. The third-order valence-corrected chi connectivity index (χ3v) is 3.11. The highest BCUT2D eigenvalue weighted by Crippen LogP contribution is 2.26. The molecule has 0 radical (unpaired) electrons. The summed E-state index contributed by atoms with van der Waals surface area (Å²) in [5.74, 6) is -0.311. The van der Waals surface area contributed by atoms with Crippen LogP contribution in [-0.4, -0.2) is 22.3 Å². The molecule has 0 aliphatic heterocycles. The predicted octanol–water partition coefficient (Wildman–Crippen LogP) is 3.65. The second kappa shape index (κ2) is 6.86. The number of anilines is 4. The van der Waals surface area contributed by atoms with E-state index in [4.69, 9.17) is 4.74 Å². The molecule has 0 fully saturated rings. The van der Waals surface area contributed by atoms with Crippen LogP contribution < -0.4 is 15.4 Å². The van der Waals surface area contributed by atoms with Crippen molar-refractivity contribution in [3.63, 3.8) is 0 Å². The molecule has 0 aliphatic carbocycles. The molecule has 8 heteroatoms. The Balaban J connectivity index is 1.81. The maximum atomic E-state index is 13.7. The lowest BCUT2D eigenvalue weighted by Crippen LogP contribution is -2.04. The number of methoxy groups -OCH3 is 1. The Bertz CT molecular complexity index is 859. The van der Waals surface area contributed by atoms with Crippen molar-refractivity contribution in [3.8, 4) is 5.75 Å². The number of para-hydroxylation sites is 2. The Morgan fingerprint density at radius 3 is 2.62 bits per heavy atom. The maximum Gasteiger partial charge on any atom is 0.249 e. The largest absolute Gasteiger partial charge is 0.495 e. The highest BCUT2D eigenvalue weighted by Gasteiger charge is 2.08. The Morgan fingerprint density at radius 1 is 1.00 bits per heavy atom. The molecule has 0 unspecified atom stereocenters. The molecular weight excluding hydrogens is 316 g/mol. The topological polar surface area (TPSA) is 72.0 Å². The normalized spacial score (nSPS) is 10.3. The highest BCUT2D eigenvalue weighted by atomic mass is 19.1. The van der Waals surface area contributed by atoms with E-state index in [1.54, 1.807) is 19.2 Å². The molecular formula is C16H13F2N5O. The Hall–Kier alpha value is -3.29. The van der Waals surface area contributed by atoms with E-state index >= 15 is 0 Å². The fraction of sp³-hybridized carbons (Fsp3) is 0.0625. The van der Waals surface area contributed by atoms with Crippen molar-refractivity contribution in [2.45, 2.75) is 0 Å². The number of hydrogen-bond acceptors (Lipinski definition) is 6. The van der Waals surface area contributed by atoms with Crippen molar-refractivity contribution in [2.75, 3.05) is 17.7 Å². The van der Waals surface area contributed by atoms with Crippen LogP contribution in [0.5, 0.6) is 5.75 Å². The number of nitrogens with one attached hydrogen (secondary N) is 2. The molecule has 3 aromatic rings. The van der Waals surface area contributed by atoms with E-state index in [0.29, 0.717) is 11.4 Å². The van der Waals surface area contributed by atoms with E-state index in [1.165, 1.54) is 12.3 Å². The van der Waals surface area contributed by atoms with Crippen LogP contribution in [-0.2, 0) is 0 Å². The van der Waals surface area contributed by atoms with E-state index < -0.39 is 11.6 Å². The lowest BCUT2D eigenvalue weighted by molar-refractivity contribution is 0.417. The van der Waals surface area contributed by atoms with Gasteiger partial charge in [0.2, 0.25) is 5.95 Å². The fourth-order valence-electron chi connectivity index (χ4n) is 2.01. The summed E-state index contributed by atoms with van der Waals surface area (Å²) < 4.78 is 31.9. The van der Waals surface area contributed by atoms with E-state index in [0.717, 1.165) is 12.1 Å².